The summed E-state index contributed by atoms with van der Waals surface area (Å²) >= 11 is 0. The van der Waals surface area contributed by atoms with Crippen LogP contribution >= 0.6 is 0 Å². The fourth-order valence-corrected chi connectivity index (χ4v) is 2.94. The number of rotatable bonds is 4. The summed E-state index contributed by atoms with van der Waals surface area (Å²) < 4.78 is 10.3. The van der Waals surface area contributed by atoms with Gasteiger partial charge in [-0.2, -0.15) is 0 Å². The Morgan fingerprint density at radius 2 is 1.65 bits per heavy atom. The monoisotopic (exact) mass is 318 g/mol. The van der Waals surface area contributed by atoms with E-state index in [1.807, 2.05) is 0 Å². The third-order valence-corrected chi connectivity index (χ3v) is 4.24. The number of hydrogen-bond donors (Lipinski definition) is 0. The predicted molar refractivity (Wildman–Crippen MR) is 80.3 cm³/mol. The van der Waals surface area contributed by atoms with Crippen molar-refractivity contribution in [1.29, 1.82) is 0 Å². The molecule has 23 heavy (non-hydrogen) atoms. The van der Waals surface area contributed by atoms with E-state index in [9.17, 15) is 14.4 Å². The molecule has 0 unspecified atom stereocenters. The molecule has 7 nitrogen and oxygen atoms in total. The molecule has 1 aromatic carbocycles. The highest BCUT2D eigenvalue weighted by molar-refractivity contribution is 6.03. The molecule has 3 rings (SSSR count). The molecule has 0 bridgehead atoms. The van der Waals surface area contributed by atoms with E-state index in [-0.39, 0.29) is 36.6 Å². The highest BCUT2D eigenvalue weighted by Gasteiger charge is 2.42. The van der Waals surface area contributed by atoms with Crippen molar-refractivity contribution < 1.29 is 23.9 Å². The SMILES string of the molecule is COc1ccc(C(=O)N2CC(N3C(=O)CCC3=O)C2)cc1OC. The normalized spacial score (nSPS) is 18.2. The van der Waals surface area contributed by atoms with E-state index in [0.29, 0.717) is 30.2 Å². The standard InChI is InChI=1S/C16H18N2O5/c1-22-12-4-3-10(7-13(12)23-2)16(21)17-8-11(9-17)18-14(19)5-6-15(18)20/h3-4,7,11H,5-6,8-9H2,1-2H3. The summed E-state index contributed by atoms with van der Waals surface area (Å²) in [6.45, 7) is 0.759. The first kappa shape index (κ1) is 15.3. The van der Waals surface area contributed by atoms with Gasteiger partial charge in [0.2, 0.25) is 11.8 Å². The summed E-state index contributed by atoms with van der Waals surface area (Å²) in [5.74, 6) is 0.608. The molecule has 0 radical (unpaired) electrons. The Morgan fingerprint density at radius 1 is 1.04 bits per heavy atom. The van der Waals surface area contributed by atoms with Crippen LogP contribution in [0.15, 0.2) is 18.2 Å². The molecule has 2 aliphatic heterocycles. The van der Waals surface area contributed by atoms with E-state index in [0.717, 1.165) is 0 Å². The number of benzene rings is 1. The van der Waals surface area contributed by atoms with Crippen molar-refractivity contribution >= 4 is 17.7 Å². The molecule has 0 aliphatic carbocycles. The Labute approximate surface area is 133 Å². The van der Waals surface area contributed by atoms with Gasteiger partial charge in [-0.15, -0.1) is 0 Å². The van der Waals surface area contributed by atoms with Gasteiger partial charge in [-0.1, -0.05) is 0 Å². The first-order valence-electron chi connectivity index (χ1n) is 7.41. The second-order valence-corrected chi connectivity index (χ2v) is 5.59. The molecule has 2 heterocycles. The van der Waals surface area contributed by atoms with Gasteiger partial charge < -0.3 is 14.4 Å². The molecule has 1 aromatic rings. The lowest BCUT2D eigenvalue weighted by molar-refractivity contribution is -0.144. The van der Waals surface area contributed by atoms with Crippen LogP contribution in [0.1, 0.15) is 23.2 Å². The van der Waals surface area contributed by atoms with Gasteiger partial charge in [0, 0.05) is 31.5 Å². The number of likely N-dealkylation sites (tertiary alicyclic amines) is 2. The summed E-state index contributed by atoms with van der Waals surface area (Å²) in [6.07, 6.45) is 0.553. The molecular weight excluding hydrogens is 300 g/mol. The van der Waals surface area contributed by atoms with E-state index >= 15 is 0 Å². The molecule has 2 saturated heterocycles. The van der Waals surface area contributed by atoms with Gasteiger partial charge in [-0.3, -0.25) is 19.3 Å². The van der Waals surface area contributed by atoms with Crippen LogP contribution in [0, 0.1) is 0 Å². The predicted octanol–water partition coefficient (Wildman–Crippen LogP) is 0.677. The largest absolute Gasteiger partial charge is 0.493 e. The number of amides is 3. The molecule has 0 spiro atoms. The Morgan fingerprint density at radius 3 is 2.22 bits per heavy atom. The third-order valence-electron chi connectivity index (χ3n) is 4.24. The molecule has 2 aliphatic rings. The van der Waals surface area contributed by atoms with E-state index < -0.39 is 0 Å². The van der Waals surface area contributed by atoms with E-state index in [4.69, 9.17) is 9.47 Å². The van der Waals surface area contributed by atoms with Crippen LogP contribution in [-0.2, 0) is 9.59 Å². The van der Waals surface area contributed by atoms with Crippen LogP contribution in [0.2, 0.25) is 0 Å². The summed E-state index contributed by atoms with van der Waals surface area (Å²) in [5.41, 5.74) is 0.486. The van der Waals surface area contributed by atoms with Gasteiger partial charge in [-0.05, 0) is 18.2 Å². The number of hydrogen-bond acceptors (Lipinski definition) is 5. The minimum absolute atomic E-state index is 0.141. The summed E-state index contributed by atoms with van der Waals surface area (Å²) in [4.78, 5) is 38.8. The number of ether oxygens (including phenoxy) is 2. The molecule has 3 amide bonds. The van der Waals surface area contributed by atoms with Gasteiger partial charge >= 0.3 is 0 Å². The van der Waals surface area contributed by atoms with E-state index in [2.05, 4.69) is 0 Å². The van der Waals surface area contributed by atoms with Gasteiger partial charge in [-0.25, -0.2) is 0 Å². The van der Waals surface area contributed by atoms with E-state index in [1.54, 1.807) is 23.1 Å². The minimum atomic E-state index is -0.193. The van der Waals surface area contributed by atoms with Gasteiger partial charge in [0.05, 0.1) is 20.3 Å². The lowest BCUT2D eigenvalue weighted by Gasteiger charge is -2.43. The van der Waals surface area contributed by atoms with Crippen molar-refractivity contribution in [3.8, 4) is 11.5 Å². The van der Waals surface area contributed by atoms with Crippen molar-refractivity contribution in [2.24, 2.45) is 0 Å². The van der Waals surface area contributed by atoms with Crippen LogP contribution in [0.4, 0.5) is 0 Å². The Kier molecular flexibility index (Phi) is 3.94. The minimum Gasteiger partial charge on any atom is -0.493 e. The maximum absolute atomic E-state index is 12.5. The Hall–Kier alpha value is -2.57. The molecular formula is C16H18N2O5. The molecule has 0 saturated carbocycles. The number of nitrogens with zero attached hydrogens (tertiary/aromatic N) is 2. The van der Waals surface area contributed by atoms with Gasteiger partial charge in [0.1, 0.15) is 0 Å². The Bertz CT molecular complexity index is 650. The van der Waals surface area contributed by atoms with E-state index in [1.165, 1.54) is 19.1 Å². The highest BCUT2D eigenvalue weighted by atomic mass is 16.5. The quantitative estimate of drug-likeness (QED) is 0.763. The molecule has 0 aromatic heterocycles. The summed E-state index contributed by atoms with van der Waals surface area (Å²) in [5, 5.41) is 0. The van der Waals surface area contributed by atoms with Gasteiger partial charge in [0.25, 0.3) is 5.91 Å². The van der Waals surface area contributed by atoms with Crippen molar-refractivity contribution in [2.45, 2.75) is 18.9 Å². The lowest BCUT2D eigenvalue weighted by Crippen LogP contribution is -2.62. The van der Waals surface area contributed by atoms with Crippen molar-refractivity contribution in [3.63, 3.8) is 0 Å². The average Bonchev–Trinajstić information content (AvgIpc) is 2.85. The maximum Gasteiger partial charge on any atom is 0.254 e. The molecule has 7 heteroatoms. The number of carbonyl (C=O) groups is 3. The third kappa shape index (κ3) is 2.62. The lowest BCUT2D eigenvalue weighted by atomic mass is 10.0. The number of carbonyl (C=O) groups excluding carboxylic acids is 3. The molecule has 0 atom stereocenters. The van der Waals surface area contributed by atoms with Crippen LogP contribution in [0.5, 0.6) is 11.5 Å². The fourth-order valence-electron chi connectivity index (χ4n) is 2.94. The van der Waals surface area contributed by atoms with Crippen molar-refractivity contribution in [2.75, 3.05) is 27.3 Å². The fraction of sp³-hybridized carbons (Fsp3) is 0.438. The highest BCUT2D eigenvalue weighted by Crippen LogP contribution is 2.29. The van der Waals surface area contributed by atoms with Gasteiger partial charge in [0.15, 0.2) is 11.5 Å². The molecule has 0 N–H and O–H groups in total. The molecule has 122 valence electrons. The number of methoxy groups -OCH3 is 2. The zero-order chi connectivity index (χ0) is 16.6. The second kappa shape index (κ2) is 5.91. The molecule has 2 fully saturated rings. The topological polar surface area (TPSA) is 76.2 Å². The van der Waals surface area contributed by atoms with Crippen molar-refractivity contribution in [1.82, 2.24) is 9.80 Å². The smallest absolute Gasteiger partial charge is 0.254 e. The summed E-state index contributed by atoms with van der Waals surface area (Å²) in [7, 11) is 3.04. The maximum atomic E-state index is 12.5. The first-order chi connectivity index (χ1) is 11.0. The zero-order valence-electron chi connectivity index (χ0n) is 13.1. The second-order valence-electron chi connectivity index (χ2n) is 5.59. The van der Waals surface area contributed by atoms with Crippen LogP contribution < -0.4 is 9.47 Å². The van der Waals surface area contributed by atoms with Crippen LogP contribution in [-0.4, -0.2) is 60.9 Å². The Balaban J connectivity index is 1.67. The van der Waals surface area contributed by atoms with Crippen LogP contribution in [0.3, 0.4) is 0 Å². The van der Waals surface area contributed by atoms with Crippen LogP contribution in [0.25, 0.3) is 0 Å². The van der Waals surface area contributed by atoms with Crippen molar-refractivity contribution in [3.05, 3.63) is 23.8 Å². The first-order valence-corrected chi connectivity index (χ1v) is 7.41. The zero-order valence-corrected chi connectivity index (χ0v) is 13.1. The average molecular weight is 318 g/mol. The number of imide groups is 1. The summed E-state index contributed by atoms with van der Waals surface area (Å²) in [6, 6.07) is 4.78.